The fourth-order valence-electron chi connectivity index (χ4n) is 2.06. The zero-order valence-electron chi connectivity index (χ0n) is 9.03. The van der Waals surface area contributed by atoms with Crippen molar-refractivity contribution in [3.8, 4) is 0 Å². The van der Waals surface area contributed by atoms with Gasteiger partial charge in [0.25, 0.3) is 0 Å². The van der Waals surface area contributed by atoms with Crippen LogP contribution in [-0.4, -0.2) is 11.2 Å². The first-order chi connectivity index (χ1) is 6.15. The summed E-state index contributed by atoms with van der Waals surface area (Å²) < 4.78 is 0. The third-order valence-corrected chi connectivity index (χ3v) is 3.09. The van der Waals surface area contributed by atoms with Crippen LogP contribution in [0.25, 0.3) is 0 Å². The molecule has 0 aromatic heterocycles. The molecule has 0 saturated heterocycles. The number of hydrogen-bond donors (Lipinski definition) is 1. The number of hydrogen-bond acceptors (Lipinski definition) is 1. The molecule has 13 heavy (non-hydrogen) atoms. The topological polar surface area (TPSA) is 20.2 Å². The summed E-state index contributed by atoms with van der Waals surface area (Å²) in [6.07, 6.45) is 7.68. The summed E-state index contributed by atoms with van der Waals surface area (Å²) in [6.45, 7) is 6.62. The highest BCUT2D eigenvalue weighted by Crippen LogP contribution is 2.29. The molecule has 0 aliphatic heterocycles. The maximum Gasteiger partial charge on any atom is 0.0608 e. The first kappa shape index (κ1) is 10.8. The molecule has 0 fully saturated rings. The Morgan fingerprint density at radius 2 is 2.08 bits per heavy atom. The van der Waals surface area contributed by atoms with Crippen molar-refractivity contribution in [3.05, 3.63) is 12.2 Å². The van der Waals surface area contributed by atoms with Gasteiger partial charge in [0.2, 0.25) is 0 Å². The van der Waals surface area contributed by atoms with E-state index >= 15 is 0 Å². The Morgan fingerprint density at radius 1 is 1.38 bits per heavy atom. The van der Waals surface area contributed by atoms with Crippen LogP contribution in [0, 0.1) is 17.8 Å². The molecule has 0 aromatic carbocycles. The zero-order valence-corrected chi connectivity index (χ0v) is 9.03. The Balaban J connectivity index is 2.52. The third-order valence-electron chi connectivity index (χ3n) is 3.09. The van der Waals surface area contributed by atoms with E-state index in [1.807, 2.05) is 0 Å². The maximum atomic E-state index is 9.87. The number of allylic oxidation sites excluding steroid dienone is 1. The van der Waals surface area contributed by atoms with E-state index in [4.69, 9.17) is 0 Å². The molecule has 1 aliphatic carbocycles. The lowest BCUT2D eigenvalue weighted by molar-refractivity contribution is 0.0880. The monoisotopic (exact) mass is 182 g/mol. The minimum absolute atomic E-state index is 0.0997. The summed E-state index contributed by atoms with van der Waals surface area (Å²) in [7, 11) is 0. The van der Waals surface area contributed by atoms with Crippen LogP contribution < -0.4 is 0 Å². The van der Waals surface area contributed by atoms with E-state index in [0.29, 0.717) is 17.8 Å². The number of rotatable bonds is 3. The van der Waals surface area contributed by atoms with Gasteiger partial charge < -0.3 is 5.11 Å². The van der Waals surface area contributed by atoms with Crippen molar-refractivity contribution in [2.24, 2.45) is 17.8 Å². The van der Waals surface area contributed by atoms with Gasteiger partial charge in [-0.25, -0.2) is 0 Å². The largest absolute Gasteiger partial charge is 0.392 e. The van der Waals surface area contributed by atoms with Gasteiger partial charge in [0.1, 0.15) is 0 Å². The summed E-state index contributed by atoms with van der Waals surface area (Å²) >= 11 is 0. The first-order valence-electron chi connectivity index (χ1n) is 5.51. The molecule has 0 amide bonds. The van der Waals surface area contributed by atoms with Gasteiger partial charge in [0, 0.05) is 5.92 Å². The van der Waals surface area contributed by atoms with Crippen LogP contribution in [-0.2, 0) is 0 Å². The van der Waals surface area contributed by atoms with Crippen LogP contribution in [0.2, 0.25) is 0 Å². The molecular weight excluding hydrogens is 160 g/mol. The Morgan fingerprint density at radius 3 is 2.54 bits per heavy atom. The fourth-order valence-corrected chi connectivity index (χ4v) is 2.06. The third kappa shape index (κ3) is 2.84. The van der Waals surface area contributed by atoms with Gasteiger partial charge in [-0.3, -0.25) is 0 Å². The molecule has 0 bridgehead atoms. The highest BCUT2D eigenvalue weighted by atomic mass is 16.3. The molecule has 1 N–H and O–H groups in total. The van der Waals surface area contributed by atoms with E-state index in [0.717, 1.165) is 12.8 Å². The van der Waals surface area contributed by atoms with Crippen molar-refractivity contribution >= 4 is 0 Å². The lowest BCUT2D eigenvalue weighted by Gasteiger charge is -2.30. The minimum atomic E-state index is -0.0997. The average molecular weight is 182 g/mol. The molecule has 0 aromatic rings. The molecule has 0 spiro atoms. The molecule has 1 aliphatic rings. The molecule has 3 unspecified atom stereocenters. The molecule has 1 heteroatoms. The lowest BCUT2D eigenvalue weighted by atomic mass is 9.79. The SMILES string of the molecule is CCCC1C=CC(C(C)C)CC1O. The summed E-state index contributed by atoms with van der Waals surface area (Å²) in [5.41, 5.74) is 0. The predicted octanol–water partition coefficient (Wildman–Crippen LogP) is 3.00. The average Bonchev–Trinajstić information content (AvgIpc) is 2.08. The van der Waals surface area contributed by atoms with E-state index in [9.17, 15) is 5.11 Å². The zero-order chi connectivity index (χ0) is 9.84. The van der Waals surface area contributed by atoms with Gasteiger partial charge in [-0.1, -0.05) is 39.3 Å². The van der Waals surface area contributed by atoms with Crippen LogP contribution in [0.15, 0.2) is 12.2 Å². The number of aliphatic hydroxyl groups excluding tert-OH is 1. The Bertz CT molecular complexity index is 172. The first-order valence-corrected chi connectivity index (χ1v) is 5.51. The molecule has 0 saturated carbocycles. The number of aliphatic hydroxyl groups is 1. The summed E-state index contributed by atoms with van der Waals surface area (Å²) in [5.74, 6) is 1.66. The van der Waals surface area contributed by atoms with Crippen LogP contribution in [0.4, 0.5) is 0 Å². The highest BCUT2D eigenvalue weighted by Gasteiger charge is 2.25. The Hall–Kier alpha value is -0.300. The Labute approximate surface area is 81.9 Å². The van der Waals surface area contributed by atoms with Gasteiger partial charge in [-0.15, -0.1) is 0 Å². The van der Waals surface area contributed by atoms with E-state index in [1.165, 1.54) is 6.42 Å². The molecule has 76 valence electrons. The lowest BCUT2D eigenvalue weighted by Crippen LogP contribution is -2.27. The maximum absolute atomic E-state index is 9.87. The van der Waals surface area contributed by atoms with Crippen molar-refractivity contribution in [1.29, 1.82) is 0 Å². The molecule has 0 heterocycles. The molecule has 1 nitrogen and oxygen atoms in total. The standard InChI is InChI=1S/C12H22O/c1-4-5-10-6-7-11(9(2)3)8-12(10)13/h6-7,9-13H,4-5,8H2,1-3H3. The summed E-state index contributed by atoms with van der Waals surface area (Å²) in [4.78, 5) is 0. The second-order valence-electron chi connectivity index (χ2n) is 4.55. The quantitative estimate of drug-likeness (QED) is 0.665. The van der Waals surface area contributed by atoms with Crippen LogP contribution >= 0.6 is 0 Å². The van der Waals surface area contributed by atoms with Gasteiger partial charge >= 0.3 is 0 Å². The van der Waals surface area contributed by atoms with Gasteiger partial charge in [-0.2, -0.15) is 0 Å². The Kier molecular flexibility index (Phi) is 3.98. The summed E-state index contributed by atoms with van der Waals surface area (Å²) in [6, 6.07) is 0. The van der Waals surface area contributed by atoms with Gasteiger partial charge in [0.05, 0.1) is 6.10 Å². The molecular formula is C12H22O. The smallest absolute Gasteiger partial charge is 0.0608 e. The van der Waals surface area contributed by atoms with Crippen LogP contribution in [0.1, 0.15) is 40.0 Å². The normalized spacial score (nSPS) is 34.1. The predicted molar refractivity (Wildman–Crippen MR) is 56.5 cm³/mol. The van der Waals surface area contributed by atoms with Crippen molar-refractivity contribution in [1.82, 2.24) is 0 Å². The van der Waals surface area contributed by atoms with Crippen LogP contribution in [0.3, 0.4) is 0 Å². The summed E-state index contributed by atoms with van der Waals surface area (Å²) in [5, 5.41) is 9.87. The molecule has 1 rings (SSSR count). The van der Waals surface area contributed by atoms with Gasteiger partial charge in [0.15, 0.2) is 0 Å². The highest BCUT2D eigenvalue weighted by molar-refractivity contribution is 5.02. The van der Waals surface area contributed by atoms with E-state index in [-0.39, 0.29) is 6.10 Å². The molecule has 0 radical (unpaired) electrons. The fraction of sp³-hybridized carbons (Fsp3) is 0.833. The van der Waals surface area contributed by atoms with Crippen molar-refractivity contribution in [3.63, 3.8) is 0 Å². The minimum Gasteiger partial charge on any atom is -0.392 e. The van der Waals surface area contributed by atoms with Crippen molar-refractivity contribution < 1.29 is 5.11 Å². The van der Waals surface area contributed by atoms with E-state index < -0.39 is 0 Å². The van der Waals surface area contributed by atoms with E-state index in [2.05, 4.69) is 32.9 Å². The van der Waals surface area contributed by atoms with Crippen molar-refractivity contribution in [2.45, 2.75) is 46.1 Å². The van der Waals surface area contributed by atoms with E-state index in [1.54, 1.807) is 0 Å². The van der Waals surface area contributed by atoms with Crippen LogP contribution in [0.5, 0.6) is 0 Å². The second kappa shape index (κ2) is 4.80. The van der Waals surface area contributed by atoms with Crippen molar-refractivity contribution in [2.75, 3.05) is 0 Å². The molecule has 3 atom stereocenters. The second-order valence-corrected chi connectivity index (χ2v) is 4.55. The van der Waals surface area contributed by atoms with Gasteiger partial charge in [-0.05, 0) is 24.7 Å².